The molecule has 0 aliphatic rings. The fraction of sp³-hybridized carbons (Fsp3) is 0.188. The summed E-state index contributed by atoms with van der Waals surface area (Å²) >= 11 is 0. The number of hydrogen-bond donors (Lipinski definition) is 2. The third-order valence-corrected chi connectivity index (χ3v) is 4.53. The van der Waals surface area contributed by atoms with Crippen LogP contribution in [0, 0.1) is 0 Å². The lowest BCUT2D eigenvalue weighted by atomic mass is 10.3. The van der Waals surface area contributed by atoms with E-state index < -0.39 is 15.9 Å². The number of primary amides is 1. The fourth-order valence-corrected chi connectivity index (χ4v) is 3.05. The predicted molar refractivity (Wildman–Crippen MR) is 91.5 cm³/mol. The predicted octanol–water partition coefficient (Wildman–Crippen LogP) is 1.37. The number of nitrogens with two attached hydrogens (primary N) is 1. The molecule has 0 fully saturated rings. The molecule has 25 heavy (non-hydrogen) atoms. The Morgan fingerprint density at radius 2 is 1.68 bits per heavy atom. The summed E-state index contributed by atoms with van der Waals surface area (Å²) < 4.78 is 42.7. The molecular weight excluding hydrogens is 348 g/mol. The van der Waals surface area contributed by atoms with Crippen LogP contribution in [0.2, 0.25) is 0 Å². The molecule has 3 N–H and O–H groups in total. The summed E-state index contributed by atoms with van der Waals surface area (Å²) in [7, 11) is -0.922. The van der Waals surface area contributed by atoms with Crippen LogP contribution in [-0.4, -0.2) is 35.2 Å². The lowest BCUT2D eigenvalue weighted by Crippen LogP contribution is -2.20. The van der Waals surface area contributed by atoms with Crippen LogP contribution in [0.1, 0.15) is 0 Å². The third-order valence-electron chi connectivity index (χ3n) is 3.15. The second-order valence-electron chi connectivity index (χ2n) is 4.90. The van der Waals surface area contributed by atoms with E-state index in [-0.39, 0.29) is 11.5 Å². The van der Waals surface area contributed by atoms with Gasteiger partial charge in [0.05, 0.1) is 19.1 Å². The van der Waals surface area contributed by atoms with Crippen LogP contribution < -0.4 is 24.7 Å². The largest absolute Gasteiger partial charge is 0.493 e. The standard InChI is InChI=1S/C16H18N2O6S/c1-22-14-8-7-13(9-15(14)23-2)25(20,21)18-11-3-5-12(6-4-11)24-10-16(17)19/h3-9,18H,10H2,1-2H3,(H2,17,19). The monoisotopic (exact) mass is 366 g/mol. The number of methoxy groups -OCH3 is 2. The summed E-state index contributed by atoms with van der Waals surface area (Å²) in [5.74, 6) is 0.532. The maximum Gasteiger partial charge on any atom is 0.262 e. The Morgan fingerprint density at radius 3 is 2.24 bits per heavy atom. The van der Waals surface area contributed by atoms with Crippen molar-refractivity contribution < 1.29 is 27.4 Å². The van der Waals surface area contributed by atoms with E-state index in [2.05, 4.69) is 4.72 Å². The summed E-state index contributed by atoms with van der Waals surface area (Å²) in [6.45, 7) is -0.253. The smallest absolute Gasteiger partial charge is 0.262 e. The van der Waals surface area contributed by atoms with Gasteiger partial charge in [0.1, 0.15) is 5.75 Å². The third kappa shape index (κ3) is 4.77. The van der Waals surface area contributed by atoms with Crippen molar-refractivity contribution in [2.24, 2.45) is 5.73 Å². The van der Waals surface area contributed by atoms with Crippen molar-refractivity contribution in [3.8, 4) is 17.2 Å². The molecule has 0 aliphatic heterocycles. The summed E-state index contributed by atoms with van der Waals surface area (Å²) in [6.07, 6.45) is 0. The first-order valence-electron chi connectivity index (χ1n) is 7.11. The molecule has 2 aromatic carbocycles. The second-order valence-corrected chi connectivity index (χ2v) is 6.58. The van der Waals surface area contributed by atoms with E-state index in [1.807, 2.05) is 0 Å². The SMILES string of the molecule is COc1ccc(S(=O)(=O)Nc2ccc(OCC(N)=O)cc2)cc1OC. The van der Waals surface area contributed by atoms with Crippen LogP contribution in [0.3, 0.4) is 0 Å². The summed E-state index contributed by atoms with van der Waals surface area (Å²) in [4.78, 5) is 10.7. The number of nitrogens with one attached hydrogen (secondary N) is 1. The van der Waals surface area contributed by atoms with Crippen molar-refractivity contribution in [2.45, 2.75) is 4.90 Å². The average Bonchev–Trinajstić information content (AvgIpc) is 2.60. The van der Waals surface area contributed by atoms with Crippen LogP contribution in [0.5, 0.6) is 17.2 Å². The molecule has 2 aromatic rings. The van der Waals surface area contributed by atoms with Gasteiger partial charge in [-0.1, -0.05) is 0 Å². The Labute approximate surface area is 145 Å². The number of sulfonamides is 1. The molecule has 2 rings (SSSR count). The number of anilines is 1. The molecule has 0 bridgehead atoms. The molecule has 8 nitrogen and oxygen atoms in total. The van der Waals surface area contributed by atoms with Crippen LogP contribution in [0.15, 0.2) is 47.4 Å². The van der Waals surface area contributed by atoms with Gasteiger partial charge in [0.15, 0.2) is 18.1 Å². The van der Waals surface area contributed by atoms with E-state index in [1.165, 1.54) is 56.7 Å². The van der Waals surface area contributed by atoms with Crippen molar-refractivity contribution in [3.63, 3.8) is 0 Å². The van der Waals surface area contributed by atoms with Crippen molar-refractivity contribution in [1.82, 2.24) is 0 Å². The zero-order chi connectivity index (χ0) is 18.4. The molecule has 0 aliphatic carbocycles. The first kappa shape index (κ1) is 18.4. The van der Waals surface area contributed by atoms with E-state index in [4.69, 9.17) is 19.9 Å². The summed E-state index contributed by atoms with van der Waals surface area (Å²) in [5, 5.41) is 0. The van der Waals surface area contributed by atoms with Gasteiger partial charge in [0.25, 0.3) is 15.9 Å². The van der Waals surface area contributed by atoms with Gasteiger partial charge in [-0.25, -0.2) is 8.42 Å². The minimum Gasteiger partial charge on any atom is -0.493 e. The molecule has 0 unspecified atom stereocenters. The molecular formula is C16H18N2O6S. The van der Waals surface area contributed by atoms with Gasteiger partial charge < -0.3 is 19.9 Å². The number of carbonyl (C=O) groups is 1. The van der Waals surface area contributed by atoms with E-state index in [9.17, 15) is 13.2 Å². The molecule has 1 amide bonds. The van der Waals surface area contributed by atoms with E-state index in [0.717, 1.165) is 0 Å². The van der Waals surface area contributed by atoms with Crippen LogP contribution in [0.4, 0.5) is 5.69 Å². The van der Waals surface area contributed by atoms with E-state index in [0.29, 0.717) is 22.9 Å². The highest BCUT2D eigenvalue weighted by Crippen LogP contribution is 2.30. The van der Waals surface area contributed by atoms with Crippen LogP contribution in [-0.2, 0) is 14.8 Å². The Hall–Kier alpha value is -2.94. The number of hydrogen-bond acceptors (Lipinski definition) is 6. The van der Waals surface area contributed by atoms with Gasteiger partial charge in [-0.15, -0.1) is 0 Å². The molecule has 0 heterocycles. The number of ether oxygens (including phenoxy) is 3. The molecule has 0 atom stereocenters. The van der Waals surface area contributed by atoms with Gasteiger partial charge >= 0.3 is 0 Å². The molecule has 0 radical (unpaired) electrons. The van der Waals surface area contributed by atoms with Crippen molar-refractivity contribution in [3.05, 3.63) is 42.5 Å². The van der Waals surface area contributed by atoms with Crippen LogP contribution >= 0.6 is 0 Å². The minimum atomic E-state index is -3.81. The normalized spacial score (nSPS) is 10.8. The minimum absolute atomic E-state index is 0.0270. The highest BCUT2D eigenvalue weighted by atomic mass is 32.2. The molecule has 9 heteroatoms. The molecule has 0 saturated heterocycles. The van der Waals surface area contributed by atoms with Gasteiger partial charge in [-0.3, -0.25) is 9.52 Å². The van der Waals surface area contributed by atoms with E-state index in [1.54, 1.807) is 0 Å². The molecule has 0 spiro atoms. The van der Waals surface area contributed by atoms with Gasteiger partial charge in [0.2, 0.25) is 0 Å². The van der Waals surface area contributed by atoms with Crippen molar-refractivity contribution in [2.75, 3.05) is 25.5 Å². The van der Waals surface area contributed by atoms with Crippen molar-refractivity contribution in [1.29, 1.82) is 0 Å². The quantitative estimate of drug-likeness (QED) is 0.729. The zero-order valence-corrected chi connectivity index (χ0v) is 14.5. The first-order chi connectivity index (χ1) is 11.9. The first-order valence-corrected chi connectivity index (χ1v) is 8.60. The maximum atomic E-state index is 12.5. The lowest BCUT2D eigenvalue weighted by Gasteiger charge is -2.12. The Morgan fingerprint density at radius 1 is 1.04 bits per heavy atom. The van der Waals surface area contributed by atoms with Crippen molar-refractivity contribution >= 4 is 21.6 Å². The Bertz CT molecular complexity index is 849. The highest BCUT2D eigenvalue weighted by Gasteiger charge is 2.17. The number of carbonyl (C=O) groups excluding carboxylic acids is 1. The van der Waals surface area contributed by atoms with Gasteiger partial charge in [-0.2, -0.15) is 0 Å². The Balaban J connectivity index is 2.17. The molecule has 134 valence electrons. The van der Waals surface area contributed by atoms with Gasteiger partial charge in [-0.05, 0) is 36.4 Å². The lowest BCUT2D eigenvalue weighted by molar-refractivity contribution is -0.119. The zero-order valence-electron chi connectivity index (χ0n) is 13.7. The van der Waals surface area contributed by atoms with E-state index >= 15 is 0 Å². The summed E-state index contributed by atoms with van der Waals surface area (Å²) in [5.41, 5.74) is 5.32. The van der Waals surface area contributed by atoms with Gasteiger partial charge in [0, 0.05) is 11.8 Å². The van der Waals surface area contributed by atoms with Crippen LogP contribution in [0.25, 0.3) is 0 Å². The topological polar surface area (TPSA) is 117 Å². The summed E-state index contributed by atoms with van der Waals surface area (Å²) in [6, 6.07) is 10.3. The molecule has 0 aromatic heterocycles. The second kappa shape index (κ2) is 7.75. The Kier molecular flexibility index (Phi) is 5.71. The fourth-order valence-electron chi connectivity index (χ4n) is 1.97. The number of amides is 1. The maximum absolute atomic E-state index is 12.5. The highest BCUT2D eigenvalue weighted by molar-refractivity contribution is 7.92. The number of benzene rings is 2. The average molecular weight is 366 g/mol. The molecule has 0 saturated carbocycles. The number of rotatable bonds is 8.